The highest BCUT2D eigenvalue weighted by Crippen LogP contribution is 2.17. The first-order valence-corrected chi connectivity index (χ1v) is 4.79. The molecule has 1 heterocycles. The van der Waals surface area contributed by atoms with E-state index in [-0.39, 0.29) is 12.0 Å². The number of aliphatic carboxylic acids is 1. The summed E-state index contributed by atoms with van der Waals surface area (Å²) in [4.78, 5) is 23.4. The van der Waals surface area contributed by atoms with Gasteiger partial charge in [0.15, 0.2) is 0 Å². The quantitative estimate of drug-likeness (QED) is 0.722. The molecule has 0 unspecified atom stereocenters. The number of carboxylic acids is 1. The van der Waals surface area contributed by atoms with Crippen LogP contribution < -0.4 is 0 Å². The Morgan fingerprint density at radius 3 is 2.43 bits per heavy atom. The topological polar surface area (TPSA) is 66.8 Å². The fourth-order valence-electron chi connectivity index (χ4n) is 1.52. The predicted molar refractivity (Wildman–Crippen MR) is 49.0 cm³/mol. The van der Waals surface area contributed by atoms with E-state index < -0.39 is 5.97 Å². The van der Waals surface area contributed by atoms with Gasteiger partial charge < -0.3 is 14.7 Å². The molecule has 0 bridgehead atoms. The number of hydrogen-bond acceptors (Lipinski definition) is 3. The lowest BCUT2D eigenvalue weighted by atomic mass is 9.97. The standard InChI is InChI=1S/C9H15NO4/c1-2-14-9(13)10-5-3-7(4-6-10)8(11)12/h7H,2-6H2,1H3,(H,11,12). The second-order valence-corrected chi connectivity index (χ2v) is 3.30. The van der Waals surface area contributed by atoms with Crippen molar-refractivity contribution in [3.63, 3.8) is 0 Å². The molecule has 0 aromatic rings. The van der Waals surface area contributed by atoms with Gasteiger partial charge in [-0.3, -0.25) is 4.79 Å². The summed E-state index contributed by atoms with van der Waals surface area (Å²) in [5.74, 6) is -1.07. The molecule has 1 aliphatic heterocycles. The lowest BCUT2D eigenvalue weighted by Gasteiger charge is -2.29. The van der Waals surface area contributed by atoms with Gasteiger partial charge in [0.25, 0.3) is 0 Å². The molecule has 0 aromatic heterocycles. The summed E-state index contributed by atoms with van der Waals surface area (Å²) in [5, 5.41) is 8.73. The van der Waals surface area contributed by atoms with Gasteiger partial charge in [0.05, 0.1) is 12.5 Å². The van der Waals surface area contributed by atoms with Crippen LogP contribution in [0.5, 0.6) is 0 Å². The zero-order chi connectivity index (χ0) is 10.6. The van der Waals surface area contributed by atoms with Crippen molar-refractivity contribution in [3.8, 4) is 0 Å². The molecule has 5 heteroatoms. The summed E-state index contributed by atoms with van der Waals surface area (Å²) < 4.78 is 4.82. The van der Waals surface area contributed by atoms with Crippen LogP contribution in [0.15, 0.2) is 0 Å². The third kappa shape index (κ3) is 2.61. The first-order valence-electron chi connectivity index (χ1n) is 4.79. The molecule has 1 aliphatic rings. The van der Waals surface area contributed by atoms with Crippen LogP contribution in [0.4, 0.5) is 4.79 Å². The van der Waals surface area contributed by atoms with Crippen molar-refractivity contribution in [2.75, 3.05) is 19.7 Å². The Balaban J connectivity index is 2.35. The Hall–Kier alpha value is -1.26. The maximum Gasteiger partial charge on any atom is 0.409 e. The molecule has 80 valence electrons. The molecule has 5 nitrogen and oxygen atoms in total. The van der Waals surface area contributed by atoms with Crippen molar-refractivity contribution in [2.24, 2.45) is 5.92 Å². The molecule has 14 heavy (non-hydrogen) atoms. The van der Waals surface area contributed by atoms with Gasteiger partial charge in [-0.25, -0.2) is 4.79 Å². The van der Waals surface area contributed by atoms with Gasteiger partial charge in [-0.1, -0.05) is 0 Å². The van der Waals surface area contributed by atoms with Gasteiger partial charge in [-0.15, -0.1) is 0 Å². The number of carbonyl (C=O) groups is 2. The highest BCUT2D eigenvalue weighted by Gasteiger charge is 2.27. The number of carbonyl (C=O) groups excluding carboxylic acids is 1. The van der Waals surface area contributed by atoms with Gasteiger partial charge >= 0.3 is 12.1 Å². The Bertz CT molecular complexity index is 221. The predicted octanol–water partition coefficient (Wildman–Crippen LogP) is 0.940. The van der Waals surface area contributed by atoms with E-state index in [0.717, 1.165) is 0 Å². The summed E-state index contributed by atoms with van der Waals surface area (Å²) in [6.45, 7) is 3.07. The lowest BCUT2D eigenvalue weighted by molar-refractivity contribution is -0.143. The summed E-state index contributed by atoms with van der Waals surface area (Å²) >= 11 is 0. The van der Waals surface area contributed by atoms with Crippen molar-refractivity contribution in [1.29, 1.82) is 0 Å². The Morgan fingerprint density at radius 2 is 2.00 bits per heavy atom. The number of nitrogens with zero attached hydrogens (tertiary/aromatic N) is 1. The largest absolute Gasteiger partial charge is 0.481 e. The van der Waals surface area contributed by atoms with Crippen LogP contribution >= 0.6 is 0 Å². The zero-order valence-corrected chi connectivity index (χ0v) is 8.23. The van der Waals surface area contributed by atoms with Crippen LogP contribution in [0.3, 0.4) is 0 Å². The normalized spacial score (nSPS) is 17.9. The molecular formula is C9H15NO4. The smallest absolute Gasteiger partial charge is 0.409 e. The third-order valence-electron chi connectivity index (χ3n) is 2.37. The molecule has 1 fully saturated rings. The maximum absolute atomic E-state index is 11.2. The number of ether oxygens (including phenoxy) is 1. The third-order valence-corrected chi connectivity index (χ3v) is 2.37. The first kappa shape index (κ1) is 10.8. The molecule has 0 saturated carbocycles. The number of hydrogen-bond donors (Lipinski definition) is 1. The minimum Gasteiger partial charge on any atom is -0.481 e. The Morgan fingerprint density at radius 1 is 1.43 bits per heavy atom. The molecule has 1 N–H and O–H groups in total. The summed E-state index contributed by atoms with van der Waals surface area (Å²) in [7, 11) is 0. The van der Waals surface area contributed by atoms with Crippen LogP contribution in [0, 0.1) is 5.92 Å². The van der Waals surface area contributed by atoms with E-state index in [2.05, 4.69) is 0 Å². The summed E-state index contributed by atoms with van der Waals surface area (Å²) in [6, 6.07) is 0. The number of carboxylic acid groups (broad SMARTS) is 1. The Kier molecular flexibility index (Phi) is 3.73. The van der Waals surface area contributed by atoms with Gasteiger partial charge in [0.2, 0.25) is 0 Å². The molecule has 0 atom stereocenters. The van der Waals surface area contributed by atoms with Crippen molar-refractivity contribution < 1.29 is 19.4 Å². The number of rotatable bonds is 2. The fraction of sp³-hybridized carbons (Fsp3) is 0.778. The molecule has 1 saturated heterocycles. The average molecular weight is 201 g/mol. The molecule has 1 amide bonds. The SMILES string of the molecule is CCOC(=O)N1CCC(C(=O)O)CC1. The summed E-state index contributed by atoms with van der Waals surface area (Å²) in [5.41, 5.74) is 0. The molecule has 0 aromatic carbocycles. The molecule has 0 spiro atoms. The van der Waals surface area contributed by atoms with E-state index in [1.54, 1.807) is 11.8 Å². The fourth-order valence-corrected chi connectivity index (χ4v) is 1.52. The second kappa shape index (κ2) is 4.83. The highest BCUT2D eigenvalue weighted by molar-refractivity contribution is 5.71. The lowest BCUT2D eigenvalue weighted by Crippen LogP contribution is -2.40. The minimum atomic E-state index is -0.770. The number of likely N-dealkylation sites (tertiary alicyclic amines) is 1. The van der Waals surface area contributed by atoms with Crippen LogP contribution in [-0.2, 0) is 9.53 Å². The average Bonchev–Trinajstić information content (AvgIpc) is 2.18. The second-order valence-electron chi connectivity index (χ2n) is 3.30. The highest BCUT2D eigenvalue weighted by atomic mass is 16.6. The molecule has 0 aliphatic carbocycles. The van der Waals surface area contributed by atoms with E-state index in [4.69, 9.17) is 9.84 Å². The van der Waals surface area contributed by atoms with Crippen molar-refractivity contribution in [2.45, 2.75) is 19.8 Å². The number of piperidine rings is 1. The van der Waals surface area contributed by atoms with Gasteiger partial charge in [-0.05, 0) is 19.8 Å². The van der Waals surface area contributed by atoms with E-state index in [1.807, 2.05) is 0 Å². The van der Waals surface area contributed by atoms with Gasteiger partial charge in [0.1, 0.15) is 0 Å². The molecule has 1 rings (SSSR count). The first-order chi connectivity index (χ1) is 6.65. The van der Waals surface area contributed by atoms with E-state index in [1.165, 1.54) is 0 Å². The minimum absolute atomic E-state index is 0.305. The van der Waals surface area contributed by atoms with E-state index in [9.17, 15) is 9.59 Å². The maximum atomic E-state index is 11.2. The van der Waals surface area contributed by atoms with Crippen molar-refractivity contribution in [3.05, 3.63) is 0 Å². The van der Waals surface area contributed by atoms with Crippen molar-refractivity contribution in [1.82, 2.24) is 4.90 Å². The Labute approximate surface area is 82.6 Å². The zero-order valence-electron chi connectivity index (χ0n) is 8.23. The van der Waals surface area contributed by atoms with Crippen LogP contribution in [-0.4, -0.2) is 41.8 Å². The van der Waals surface area contributed by atoms with Crippen LogP contribution in [0.1, 0.15) is 19.8 Å². The summed E-state index contributed by atoms with van der Waals surface area (Å²) in [6.07, 6.45) is 0.707. The molecular weight excluding hydrogens is 186 g/mol. The van der Waals surface area contributed by atoms with Crippen LogP contribution in [0.2, 0.25) is 0 Å². The van der Waals surface area contributed by atoms with E-state index in [0.29, 0.717) is 32.5 Å². The van der Waals surface area contributed by atoms with Gasteiger partial charge in [-0.2, -0.15) is 0 Å². The monoisotopic (exact) mass is 201 g/mol. The molecule has 0 radical (unpaired) electrons. The van der Waals surface area contributed by atoms with Gasteiger partial charge in [0, 0.05) is 13.1 Å². The van der Waals surface area contributed by atoms with E-state index >= 15 is 0 Å². The van der Waals surface area contributed by atoms with Crippen molar-refractivity contribution >= 4 is 12.1 Å². The number of amides is 1. The van der Waals surface area contributed by atoms with Crippen LogP contribution in [0.25, 0.3) is 0 Å².